The molecule has 0 spiro atoms. The van der Waals surface area contributed by atoms with Gasteiger partial charge in [-0.1, -0.05) is 23.7 Å². The normalized spacial score (nSPS) is 12.1. The second-order valence-electron chi connectivity index (χ2n) is 4.15. The first-order chi connectivity index (χ1) is 9.56. The van der Waals surface area contributed by atoms with Gasteiger partial charge in [0.25, 0.3) is 0 Å². The van der Waals surface area contributed by atoms with Gasteiger partial charge in [-0.25, -0.2) is 4.39 Å². The largest absolute Gasteiger partial charge is 0.493 e. The molecule has 0 heterocycles. The highest BCUT2D eigenvalue weighted by Crippen LogP contribution is 2.36. The number of benzene rings is 2. The maximum atomic E-state index is 13.2. The summed E-state index contributed by atoms with van der Waals surface area (Å²) in [4.78, 5) is 0. The SMILES string of the molecule is COc1ccc(C(Cl)c2ccc(F)c(Cl)c2)cc1OC. The predicted octanol–water partition coefficient (Wildman–Crippen LogP) is 4.82. The number of ether oxygens (including phenoxy) is 2. The summed E-state index contributed by atoms with van der Waals surface area (Å²) in [6.07, 6.45) is 0. The second kappa shape index (κ2) is 6.33. The number of hydrogen-bond acceptors (Lipinski definition) is 2. The van der Waals surface area contributed by atoms with Crippen LogP contribution >= 0.6 is 23.2 Å². The zero-order chi connectivity index (χ0) is 14.7. The topological polar surface area (TPSA) is 18.5 Å². The maximum Gasteiger partial charge on any atom is 0.161 e. The Morgan fingerprint density at radius 1 is 0.950 bits per heavy atom. The Morgan fingerprint density at radius 3 is 2.15 bits per heavy atom. The molecule has 2 aromatic rings. The van der Waals surface area contributed by atoms with E-state index in [0.717, 1.165) is 5.56 Å². The van der Waals surface area contributed by atoms with Crippen LogP contribution in [0, 0.1) is 5.82 Å². The van der Waals surface area contributed by atoms with E-state index in [-0.39, 0.29) is 5.02 Å². The summed E-state index contributed by atoms with van der Waals surface area (Å²) in [6, 6.07) is 9.81. The van der Waals surface area contributed by atoms with Gasteiger partial charge in [-0.15, -0.1) is 11.6 Å². The van der Waals surface area contributed by atoms with Gasteiger partial charge in [0.05, 0.1) is 24.6 Å². The first-order valence-electron chi connectivity index (χ1n) is 5.87. The Morgan fingerprint density at radius 2 is 1.55 bits per heavy atom. The molecule has 0 aliphatic heterocycles. The van der Waals surface area contributed by atoms with Crippen LogP contribution in [0.25, 0.3) is 0 Å². The summed E-state index contributed by atoms with van der Waals surface area (Å²) < 4.78 is 23.6. The fourth-order valence-corrected chi connectivity index (χ4v) is 2.33. The van der Waals surface area contributed by atoms with E-state index < -0.39 is 11.2 Å². The van der Waals surface area contributed by atoms with Crippen LogP contribution in [0.1, 0.15) is 16.5 Å². The van der Waals surface area contributed by atoms with Gasteiger partial charge < -0.3 is 9.47 Å². The van der Waals surface area contributed by atoms with E-state index in [1.54, 1.807) is 32.4 Å². The van der Waals surface area contributed by atoms with Gasteiger partial charge in [0.15, 0.2) is 11.5 Å². The van der Waals surface area contributed by atoms with Crippen molar-refractivity contribution in [2.24, 2.45) is 0 Å². The van der Waals surface area contributed by atoms with E-state index in [9.17, 15) is 4.39 Å². The Hall–Kier alpha value is -1.45. The molecule has 2 nitrogen and oxygen atoms in total. The highest BCUT2D eigenvalue weighted by atomic mass is 35.5. The lowest BCUT2D eigenvalue weighted by atomic mass is 10.0. The molecular weight excluding hydrogens is 302 g/mol. The van der Waals surface area contributed by atoms with Crippen molar-refractivity contribution in [3.63, 3.8) is 0 Å². The number of hydrogen-bond donors (Lipinski definition) is 0. The molecular formula is C15H13Cl2FO2. The third kappa shape index (κ3) is 3.00. The fourth-order valence-electron chi connectivity index (χ4n) is 1.87. The lowest BCUT2D eigenvalue weighted by Crippen LogP contribution is -1.97. The summed E-state index contributed by atoms with van der Waals surface area (Å²) in [5.74, 6) is 0.743. The third-order valence-electron chi connectivity index (χ3n) is 2.94. The summed E-state index contributed by atoms with van der Waals surface area (Å²) in [5.41, 5.74) is 1.53. The van der Waals surface area contributed by atoms with Crippen molar-refractivity contribution in [1.29, 1.82) is 0 Å². The van der Waals surface area contributed by atoms with Crippen LogP contribution in [-0.2, 0) is 0 Å². The molecule has 0 radical (unpaired) electrons. The molecule has 0 aliphatic rings. The van der Waals surface area contributed by atoms with Gasteiger partial charge in [-0.3, -0.25) is 0 Å². The molecule has 0 saturated heterocycles. The number of alkyl halides is 1. The van der Waals surface area contributed by atoms with E-state index in [0.29, 0.717) is 17.1 Å². The summed E-state index contributed by atoms with van der Waals surface area (Å²) in [5, 5.41) is -0.401. The van der Waals surface area contributed by atoms with E-state index in [4.69, 9.17) is 32.7 Å². The third-order valence-corrected chi connectivity index (χ3v) is 3.73. The molecule has 1 atom stereocenters. The monoisotopic (exact) mass is 314 g/mol. The molecule has 2 aromatic carbocycles. The van der Waals surface area contributed by atoms with Crippen molar-refractivity contribution in [3.8, 4) is 11.5 Å². The minimum atomic E-state index is -0.466. The predicted molar refractivity (Wildman–Crippen MR) is 78.7 cm³/mol. The minimum Gasteiger partial charge on any atom is -0.493 e. The van der Waals surface area contributed by atoms with Gasteiger partial charge >= 0.3 is 0 Å². The molecule has 0 amide bonds. The van der Waals surface area contributed by atoms with E-state index >= 15 is 0 Å². The molecule has 0 bridgehead atoms. The van der Waals surface area contributed by atoms with Crippen molar-refractivity contribution < 1.29 is 13.9 Å². The zero-order valence-electron chi connectivity index (χ0n) is 11.0. The van der Waals surface area contributed by atoms with Crippen LogP contribution in [0.5, 0.6) is 11.5 Å². The second-order valence-corrected chi connectivity index (χ2v) is 4.99. The van der Waals surface area contributed by atoms with E-state index in [2.05, 4.69) is 0 Å². The van der Waals surface area contributed by atoms with E-state index in [1.165, 1.54) is 12.1 Å². The fraction of sp³-hybridized carbons (Fsp3) is 0.200. The van der Waals surface area contributed by atoms with E-state index in [1.807, 2.05) is 6.07 Å². The number of methoxy groups -OCH3 is 2. The van der Waals surface area contributed by atoms with Crippen LogP contribution in [-0.4, -0.2) is 14.2 Å². The highest BCUT2D eigenvalue weighted by molar-refractivity contribution is 6.31. The molecule has 0 aromatic heterocycles. The molecule has 0 saturated carbocycles. The minimum absolute atomic E-state index is 0.0497. The van der Waals surface area contributed by atoms with Crippen molar-refractivity contribution in [1.82, 2.24) is 0 Å². The van der Waals surface area contributed by atoms with Crippen molar-refractivity contribution in [2.45, 2.75) is 5.38 Å². The molecule has 0 N–H and O–H groups in total. The quantitative estimate of drug-likeness (QED) is 0.753. The average molecular weight is 315 g/mol. The van der Waals surface area contributed by atoms with Crippen molar-refractivity contribution in [3.05, 3.63) is 58.4 Å². The molecule has 0 fully saturated rings. The van der Waals surface area contributed by atoms with Crippen molar-refractivity contribution >= 4 is 23.2 Å². The standard InChI is InChI=1S/C15H13Cl2FO2/c1-19-13-6-4-10(8-14(13)20-2)15(17)9-3-5-12(18)11(16)7-9/h3-8,15H,1-2H3. The lowest BCUT2D eigenvalue weighted by Gasteiger charge is -2.14. The molecule has 2 rings (SSSR count). The molecule has 5 heteroatoms. The average Bonchev–Trinajstić information content (AvgIpc) is 2.48. The number of halogens is 3. The summed E-state index contributed by atoms with van der Waals surface area (Å²) in [7, 11) is 3.12. The maximum absolute atomic E-state index is 13.2. The summed E-state index contributed by atoms with van der Waals surface area (Å²) in [6.45, 7) is 0. The van der Waals surface area contributed by atoms with Crippen LogP contribution in [0.2, 0.25) is 5.02 Å². The van der Waals surface area contributed by atoms with Crippen LogP contribution < -0.4 is 9.47 Å². The van der Waals surface area contributed by atoms with Gasteiger partial charge in [0.2, 0.25) is 0 Å². The summed E-state index contributed by atoms with van der Waals surface area (Å²) >= 11 is 12.2. The Bertz CT molecular complexity index is 617. The van der Waals surface area contributed by atoms with Gasteiger partial charge in [-0.2, -0.15) is 0 Å². The molecule has 0 aliphatic carbocycles. The van der Waals surface area contributed by atoms with Crippen LogP contribution in [0.3, 0.4) is 0 Å². The highest BCUT2D eigenvalue weighted by Gasteiger charge is 2.15. The number of rotatable bonds is 4. The van der Waals surface area contributed by atoms with Crippen molar-refractivity contribution in [2.75, 3.05) is 14.2 Å². The lowest BCUT2D eigenvalue weighted by molar-refractivity contribution is 0.354. The van der Waals surface area contributed by atoms with Crippen LogP contribution in [0.4, 0.5) is 4.39 Å². The zero-order valence-corrected chi connectivity index (χ0v) is 12.5. The van der Waals surface area contributed by atoms with Gasteiger partial charge in [-0.05, 0) is 35.4 Å². The first-order valence-corrected chi connectivity index (χ1v) is 6.69. The van der Waals surface area contributed by atoms with Gasteiger partial charge in [0.1, 0.15) is 5.82 Å². The first kappa shape index (κ1) is 14.9. The van der Waals surface area contributed by atoms with Gasteiger partial charge in [0, 0.05) is 0 Å². The Kier molecular flexibility index (Phi) is 4.73. The smallest absolute Gasteiger partial charge is 0.161 e. The van der Waals surface area contributed by atoms with Crippen LogP contribution in [0.15, 0.2) is 36.4 Å². The Labute approximate surface area is 127 Å². The Balaban J connectivity index is 2.37. The molecule has 20 heavy (non-hydrogen) atoms. The molecule has 106 valence electrons. The molecule has 1 unspecified atom stereocenters.